The molecule has 7 heteroatoms. The van der Waals surface area contributed by atoms with Crippen LogP contribution in [0.2, 0.25) is 0 Å². The molecule has 0 radical (unpaired) electrons. The maximum atomic E-state index is 12.8. The molecular formula is C31H31NO5S. The van der Waals surface area contributed by atoms with Gasteiger partial charge in [0.1, 0.15) is 17.3 Å². The molecule has 0 aliphatic heterocycles. The Labute approximate surface area is 224 Å². The van der Waals surface area contributed by atoms with Crippen LogP contribution in [0.4, 0.5) is 0 Å². The predicted molar refractivity (Wildman–Crippen MR) is 147 cm³/mol. The lowest BCUT2D eigenvalue weighted by molar-refractivity contribution is -0.146. The third-order valence-corrected chi connectivity index (χ3v) is 7.65. The zero-order chi connectivity index (χ0) is 26.8. The van der Waals surface area contributed by atoms with Crippen molar-refractivity contribution in [2.45, 2.75) is 30.3 Å². The number of nitrogens with two attached hydrogens (primary N) is 1. The van der Waals surface area contributed by atoms with E-state index < -0.39 is 10.1 Å². The summed E-state index contributed by atoms with van der Waals surface area (Å²) < 4.78 is 36.1. The molecule has 0 spiro atoms. The molecular weight excluding hydrogens is 498 g/mol. The smallest absolute Gasteiger partial charge is 0.339 e. The van der Waals surface area contributed by atoms with Crippen molar-refractivity contribution in [3.63, 3.8) is 0 Å². The number of carbonyl (C=O) groups excluding carboxylic acids is 1. The Morgan fingerprint density at radius 3 is 1.87 bits per heavy atom. The van der Waals surface area contributed by atoms with Crippen LogP contribution in [0.25, 0.3) is 0 Å². The minimum absolute atomic E-state index is 0.0863. The Bertz CT molecular complexity index is 1390. The fourth-order valence-electron chi connectivity index (χ4n) is 4.36. The quantitative estimate of drug-likeness (QED) is 0.193. The number of hydrogen-bond acceptors (Lipinski definition) is 6. The van der Waals surface area contributed by atoms with Gasteiger partial charge < -0.3 is 14.7 Å². The molecule has 196 valence electrons. The SMILES string of the molecule is NCC(CC(=O)OCc1ccccc1)C(Cc1ccccc1)c1ccc(OS(=O)(=O)c2ccccc2)cc1. The van der Waals surface area contributed by atoms with Crippen molar-refractivity contribution in [1.29, 1.82) is 0 Å². The van der Waals surface area contributed by atoms with Crippen LogP contribution in [0, 0.1) is 5.92 Å². The first-order valence-electron chi connectivity index (χ1n) is 12.5. The molecule has 4 aromatic rings. The van der Waals surface area contributed by atoms with E-state index in [2.05, 4.69) is 0 Å². The summed E-state index contributed by atoms with van der Waals surface area (Å²) in [6.07, 6.45) is 0.832. The Kier molecular flexibility index (Phi) is 9.30. The molecule has 2 N–H and O–H groups in total. The number of ether oxygens (including phenoxy) is 1. The second kappa shape index (κ2) is 13.0. The van der Waals surface area contributed by atoms with E-state index in [1.165, 1.54) is 12.1 Å². The number of carbonyl (C=O) groups is 1. The Morgan fingerprint density at radius 2 is 1.29 bits per heavy atom. The van der Waals surface area contributed by atoms with E-state index >= 15 is 0 Å². The summed E-state index contributed by atoms with van der Waals surface area (Å²) in [4.78, 5) is 12.8. The number of esters is 1. The van der Waals surface area contributed by atoms with E-state index in [4.69, 9.17) is 14.7 Å². The Hall–Kier alpha value is -3.94. The predicted octanol–water partition coefficient (Wildman–Crippen LogP) is 5.49. The maximum absolute atomic E-state index is 12.8. The summed E-state index contributed by atoms with van der Waals surface area (Å²) in [7, 11) is -3.94. The first kappa shape index (κ1) is 27.1. The van der Waals surface area contributed by atoms with Gasteiger partial charge in [0.25, 0.3) is 0 Å². The van der Waals surface area contributed by atoms with Crippen molar-refractivity contribution in [1.82, 2.24) is 0 Å². The zero-order valence-electron chi connectivity index (χ0n) is 21.0. The highest BCUT2D eigenvalue weighted by Gasteiger charge is 2.26. The normalized spacial score (nSPS) is 12.9. The Morgan fingerprint density at radius 1 is 0.737 bits per heavy atom. The first-order valence-corrected chi connectivity index (χ1v) is 13.9. The zero-order valence-corrected chi connectivity index (χ0v) is 21.8. The van der Waals surface area contributed by atoms with Gasteiger partial charge in [-0.25, -0.2) is 0 Å². The summed E-state index contributed by atoms with van der Waals surface area (Å²) in [6.45, 7) is 0.501. The molecule has 0 aliphatic rings. The van der Waals surface area contributed by atoms with Crippen LogP contribution in [-0.4, -0.2) is 20.9 Å². The van der Waals surface area contributed by atoms with Gasteiger partial charge in [-0.1, -0.05) is 91.0 Å². The standard InChI is InChI=1S/C31H31NO5S/c32-22-27(21-31(33)36-23-25-12-6-2-7-13-25)30(20-24-10-4-1-5-11-24)26-16-18-28(19-17-26)37-38(34,35)29-14-8-3-9-15-29/h1-19,27,30H,20-23,32H2. The van der Waals surface area contributed by atoms with Crippen molar-refractivity contribution in [3.05, 3.63) is 132 Å². The topological polar surface area (TPSA) is 95.7 Å². The fraction of sp³-hybridized carbons (Fsp3) is 0.194. The van der Waals surface area contributed by atoms with Gasteiger partial charge in [0.05, 0.1) is 6.42 Å². The minimum Gasteiger partial charge on any atom is -0.461 e. The molecule has 4 aromatic carbocycles. The lowest BCUT2D eigenvalue weighted by Gasteiger charge is -2.26. The molecule has 0 aliphatic carbocycles. The van der Waals surface area contributed by atoms with E-state index in [0.717, 1.165) is 16.7 Å². The van der Waals surface area contributed by atoms with Gasteiger partial charge in [-0.2, -0.15) is 8.42 Å². The minimum atomic E-state index is -3.94. The number of hydrogen-bond donors (Lipinski definition) is 1. The second-order valence-electron chi connectivity index (χ2n) is 9.06. The summed E-state index contributed by atoms with van der Waals surface area (Å²) in [5, 5.41) is 0. The van der Waals surface area contributed by atoms with Gasteiger partial charge in [0, 0.05) is 0 Å². The summed E-state index contributed by atoms with van der Waals surface area (Å²) >= 11 is 0. The van der Waals surface area contributed by atoms with E-state index in [1.807, 2.05) is 72.8 Å². The molecule has 2 unspecified atom stereocenters. The van der Waals surface area contributed by atoms with Crippen LogP contribution in [0.5, 0.6) is 5.75 Å². The van der Waals surface area contributed by atoms with Gasteiger partial charge in [-0.05, 0) is 65.8 Å². The number of benzene rings is 4. The number of rotatable bonds is 12. The highest BCUT2D eigenvalue weighted by Crippen LogP contribution is 2.32. The van der Waals surface area contributed by atoms with Crippen molar-refractivity contribution in [3.8, 4) is 5.75 Å². The molecule has 0 saturated carbocycles. The van der Waals surface area contributed by atoms with E-state index in [9.17, 15) is 13.2 Å². The molecule has 4 rings (SSSR count). The van der Waals surface area contributed by atoms with Gasteiger partial charge in [-0.3, -0.25) is 4.79 Å². The average molecular weight is 530 g/mol. The Balaban J connectivity index is 1.51. The highest BCUT2D eigenvalue weighted by atomic mass is 32.2. The molecule has 0 aromatic heterocycles. The van der Waals surface area contributed by atoms with Crippen LogP contribution in [0.15, 0.2) is 120 Å². The van der Waals surface area contributed by atoms with Crippen LogP contribution < -0.4 is 9.92 Å². The molecule has 38 heavy (non-hydrogen) atoms. The van der Waals surface area contributed by atoms with E-state index in [-0.39, 0.29) is 41.5 Å². The second-order valence-corrected chi connectivity index (χ2v) is 10.6. The monoisotopic (exact) mass is 529 g/mol. The van der Waals surface area contributed by atoms with E-state index in [0.29, 0.717) is 13.0 Å². The van der Waals surface area contributed by atoms with Crippen LogP contribution >= 0.6 is 0 Å². The summed E-state index contributed by atoms with van der Waals surface area (Å²) in [6, 6.07) is 34.5. The van der Waals surface area contributed by atoms with Crippen molar-refractivity contribution >= 4 is 16.1 Å². The van der Waals surface area contributed by atoms with Gasteiger partial charge in [-0.15, -0.1) is 0 Å². The third kappa shape index (κ3) is 7.54. The molecule has 0 amide bonds. The van der Waals surface area contributed by atoms with E-state index in [1.54, 1.807) is 30.3 Å². The van der Waals surface area contributed by atoms with Crippen LogP contribution in [0.1, 0.15) is 29.0 Å². The van der Waals surface area contributed by atoms with Crippen molar-refractivity contribution < 1.29 is 22.1 Å². The van der Waals surface area contributed by atoms with Crippen molar-refractivity contribution in [2.24, 2.45) is 11.7 Å². The lowest BCUT2D eigenvalue weighted by atomic mass is 9.80. The molecule has 0 fully saturated rings. The first-order chi connectivity index (χ1) is 18.4. The lowest BCUT2D eigenvalue weighted by Crippen LogP contribution is -2.27. The summed E-state index contributed by atoms with van der Waals surface area (Å²) in [5.74, 6) is -0.372. The van der Waals surface area contributed by atoms with Gasteiger partial charge in [0.15, 0.2) is 0 Å². The largest absolute Gasteiger partial charge is 0.461 e. The molecule has 0 saturated heterocycles. The molecule has 0 bridgehead atoms. The summed E-state index contributed by atoms with van der Waals surface area (Å²) in [5.41, 5.74) is 9.16. The van der Waals surface area contributed by atoms with Crippen molar-refractivity contribution in [2.75, 3.05) is 6.54 Å². The third-order valence-electron chi connectivity index (χ3n) is 6.39. The maximum Gasteiger partial charge on any atom is 0.339 e. The van der Waals surface area contributed by atoms with Crippen LogP contribution in [0.3, 0.4) is 0 Å². The molecule has 6 nitrogen and oxygen atoms in total. The van der Waals surface area contributed by atoms with Gasteiger partial charge in [0.2, 0.25) is 0 Å². The molecule has 2 atom stereocenters. The fourth-order valence-corrected chi connectivity index (χ4v) is 5.31. The average Bonchev–Trinajstić information content (AvgIpc) is 2.95. The van der Waals surface area contributed by atoms with Crippen LogP contribution in [-0.2, 0) is 32.7 Å². The highest BCUT2D eigenvalue weighted by molar-refractivity contribution is 7.87. The van der Waals surface area contributed by atoms with Gasteiger partial charge >= 0.3 is 16.1 Å². The molecule has 0 heterocycles.